The molecular weight excluding hydrogens is 518 g/mol. The van der Waals surface area contributed by atoms with Crippen molar-refractivity contribution in [1.82, 2.24) is 20.3 Å². The van der Waals surface area contributed by atoms with Gasteiger partial charge in [0.2, 0.25) is 24.6 Å². The molecule has 2 aromatic carbocycles. The Bertz CT molecular complexity index is 1220. The number of methoxy groups -OCH3 is 2. The molecule has 0 bridgehead atoms. The predicted molar refractivity (Wildman–Crippen MR) is 151 cm³/mol. The average molecular weight is 556 g/mol. The molecule has 13 nitrogen and oxygen atoms in total. The maximum absolute atomic E-state index is 5.63. The van der Waals surface area contributed by atoms with Gasteiger partial charge in [0.1, 0.15) is 0 Å². The highest BCUT2D eigenvalue weighted by atomic mass is 16.7. The third kappa shape index (κ3) is 8.46. The van der Waals surface area contributed by atoms with Crippen LogP contribution < -0.4 is 40.2 Å². The zero-order valence-corrected chi connectivity index (χ0v) is 23.1. The molecule has 0 amide bonds. The van der Waals surface area contributed by atoms with E-state index in [2.05, 4.69) is 36.2 Å². The lowest BCUT2D eigenvalue weighted by Gasteiger charge is -2.14. The molecule has 0 radical (unpaired) electrons. The molecule has 3 aromatic rings. The van der Waals surface area contributed by atoms with E-state index in [9.17, 15) is 0 Å². The fourth-order valence-electron chi connectivity index (χ4n) is 3.84. The van der Waals surface area contributed by atoms with Gasteiger partial charge in [-0.15, -0.1) is 0 Å². The van der Waals surface area contributed by atoms with Gasteiger partial charge in [-0.2, -0.15) is 15.0 Å². The molecule has 13 heteroatoms. The van der Waals surface area contributed by atoms with Crippen LogP contribution in [0.15, 0.2) is 36.4 Å². The number of anilines is 3. The maximum Gasteiger partial charge on any atom is 0.231 e. The van der Waals surface area contributed by atoms with Crippen molar-refractivity contribution < 1.29 is 28.4 Å². The molecule has 4 N–H and O–H groups in total. The molecule has 0 spiro atoms. The molecule has 216 valence electrons. The van der Waals surface area contributed by atoms with Gasteiger partial charge in [0.25, 0.3) is 0 Å². The highest BCUT2D eigenvalue weighted by molar-refractivity contribution is 5.49. The average Bonchev–Trinajstić information content (AvgIpc) is 3.46. The largest absolute Gasteiger partial charge is 0.493 e. The van der Waals surface area contributed by atoms with Gasteiger partial charge >= 0.3 is 0 Å². The van der Waals surface area contributed by atoms with Gasteiger partial charge < -0.3 is 49.7 Å². The van der Waals surface area contributed by atoms with Crippen LogP contribution in [-0.4, -0.2) is 82.5 Å². The molecule has 0 atom stereocenters. The van der Waals surface area contributed by atoms with Gasteiger partial charge in [-0.05, 0) is 30.8 Å². The lowest BCUT2D eigenvalue weighted by atomic mass is 10.2. The van der Waals surface area contributed by atoms with E-state index >= 15 is 0 Å². The summed E-state index contributed by atoms with van der Waals surface area (Å²) >= 11 is 0. The first-order chi connectivity index (χ1) is 19.7. The zero-order valence-electron chi connectivity index (χ0n) is 23.1. The number of rotatable bonds is 18. The summed E-state index contributed by atoms with van der Waals surface area (Å²) in [5.41, 5.74) is 1.90. The fourth-order valence-corrected chi connectivity index (χ4v) is 3.84. The Labute approximate surface area is 233 Å². The van der Waals surface area contributed by atoms with Crippen LogP contribution in [-0.2, 0) is 22.6 Å². The second-order valence-corrected chi connectivity index (χ2v) is 8.61. The molecule has 1 aromatic heterocycles. The lowest BCUT2D eigenvalue weighted by molar-refractivity contribution is 0.0531. The molecule has 1 aliphatic heterocycles. The SMILES string of the molecule is CNCCOCCOCCNc1nc(NCc2ccc3c(c2)OCO3)nc(NCc2cccc(OC)c2OC)n1. The van der Waals surface area contributed by atoms with Crippen molar-refractivity contribution in [1.29, 1.82) is 0 Å². The van der Waals surface area contributed by atoms with Gasteiger partial charge in [0, 0.05) is 31.7 Å². The van der Waals surface area contributed by atoms with Crippen molar-refractivity contribution in [3.63, 3.8) is 0 Å². The number of benzene rings is 2. The van der Waals surface area contributed by atoms with Gasteiger partial charge in [-0.25, -0.2) is 0 Å². The van der Waals surface area contributed by atoms with Crippen molar-refractivity contribution in [2.45, 2.75) is 13.1 Å². The monoisotopic (exact) mass is 555 g/mol. The van der Waals surface area contributed by atoms with E-state index in [0.717, 1.165) is 29.2 Å². The van der Waals surface area contributed by atoms with Crippen LogP contribution in [0.25, 0.3) is 0 Å². The van der Waals surface area contributed by atoms with Crippen LogP contribution in [0.2, 0.25) is 0 Å². The molecule has 0 fully saturated rings. The Kier molecular flexibility index (Phi) is 11.2. The number of likely N-dealkylation sites (N-methyl/N-ethyl adjacent to an activating group) is 1. The molecule has 0 unspecified atom stereocenters. The van der Waals surface area contributed by atoms with Gasteiger partial charge in [-0.1, -0.05) is 18.2 Å². The minimum atomic E-state index is 0.231. The van der Waals surface area contributed by atoms with Crippen LogP contribution in [0.5, 0.6) is 23.0 Å². The van der Waals surface area contributed by atoms with Gasteiger partial charge in [0.15, 0.2) is 23.0 Å². The van der Waals surface area contributed by atoms with Crippen LogP contribution in [0, 0.1) is 0 Å². The Morgan fingerprint density at radius 3 is 2.17 bits per heavy atom. The van der Waals surface area contributed by atoms with E-state index in [0.29, 0.717) is 75.4 Å². The van der Waals surface area contributed by atoms with E-state index in [-0.39, 0.29) is 6.79 Å². The smallest absolute Gasteiger partial charge is 0.231 e. The number of fused-ring (bicyclic) bond motifs is 1. The zero-order chi connectivity index (χ0) is 28.0. The summed E-state index contributed by atoms with van der Waals surface area (Å²) in [4.78, 5) is 13.6. The van der Waals surface area contributed by atoms with Crippen molar-refractivity contribution in [3.05, 3.63) is 47.5 Å². The lowest BCUT2D eigenvalue weighted by Crippen LogP contribution is -2.18. The summed E-state index contributed by atoms with van der Waals surface area (Å²) < 4.78 is 32.9. The highest BCUT2D eigenvalue weighted by Crippen LogP contribution is 2.33. The summed E-state index contributed by atoms with van der Waals surface area (Å²) in [6, 6.07) is 11.5. The van der Waals surface area contributed by atoms with E-state index in [1.54, 1.807) is 14.2 Å². The molecular formula is C27H37N7O6. The first-order valence-corrected chi connectivity index (χ1v) is 13.1. The van der Waals surface area contributed by atoms with Crippen molar-refractivity contribution in [2.75, 3.05) is 83.5 Å². The summed E-state index contributed by atoms with van der Waals surface area (Å²) in [6.07, 6.45) is 0. The van der Waals surface area contributed by atoms with Crippen molar-refractivity contribution in [2.24, 2.45) is 0 Å². The Hall–Kier alpha value is -4.07. The number of para-hydroxylation sites is 1. The standard InChI is InChI=1S/C27H37N7O6/c1-28-9-11-37-13-14-38-12-10-29-25-32-26(30-16-19-7-8-21-23(15-19)40-18-39-21)34-27(33-25)31-17-20-5-4-6-22(35-2)24(20)36-3/h4-8,15,28H,9-14,16-18H2,1-3H3,(H3,29,30,31,32,33,34). The molecule has 0 saturated heterocycles. The first-order valence-electron chi connectivity index (χ1n) is 13.1. The normalized spacial score (nSPS) is 11.8. The number of nitrogens with zero attached hydrogens (tertiary/aromatic N) is 3. The Morgan fingerprint density at radius 1 is 0.750 bits per heavy atom. The maximum atomic E-state index is 5.63. The molecule has 0 aliphatic carbocycles. The van der Waals surface area contributed by atoms with Crippen LogP contribution in [0.3, 0.4) is 0 Å². The van der Waals surface area contributed by atoms with Crippen LogP contribution in [0.1, 0.15) is 11.1 Å². The van der Waals surface area contributed by atoms with Crippen LogP contribution in [0.4, 0.5) is 17.8 Å². The number of nitrogens with one attached hydrogen (secondary N) is 4. The third-order valence-electron chi connectivity index (χ3n) is 5.84. The summed E-state index contributed by atoms with van der Waals surface area (Å²) in [6.45, 7) is 4.66. The minimum absolute atomic E-state index is 0.231. The second-order valence-electron chi connectivity index (χ2n) is 8.61. The summed E-state index contributed by atoms with van der Waals surface area (Å²) in [5, 5.41) is 12.8. The molecule has 1 aliphatic rings. The highest BCUT2D eigenvalue weighted by Gasteiger charge is 2.14. The van der Waals surface area contributed by atoms with E-state index in [4.69, 9.17) is 28.4 Å². The number of ether oxygens (including phenoxy) is 6. The van der Waals surface area contributed by atoms with E-state index in [1.807, 2.05) is 43.4 Å². The topological polar surface area (TPSA) is 142 Å². The number of hydrogen-bond donors (Lipinski definition) is 4. The third-order valence-corrected chi connectivity index (χ3v) is 5.84. The van der Waals surface area contributed by atoms with Crippen LogP contribution >= 0.6 is 0 Å². The Balaban J connectivity index is 1.38. The van der Waals surface area contributed by atoms with E-state index < -0.39 is 0 Å². The minimum Gasteiger partial charge on any atom is -0.493 e. The fraction of sp³-hybridized carbons (Fsp3) is 0.444. The molecule has 4 rings (SSSR count). The number of aromatic nitrogens is 3. The van der Waals surface area contributed by atoms with Gasteiger partial charge in [0.05, 0.1) is 40.6 Å². The number of hydrogen-bond acceptors (Lipinski definition) is 13. The quantitative estimate of drug-likeness (QED) is 0.171. The summed E-state index contributed by atoms with van der Waals surface area (Å²) in [7, 11) is 5.11. The second kappa shape index (κ2) is 15.5. The molecule has 40 heavy (non-hydrogen) atoms. The molecule has 0 saturated carbocycles. The van der Waals surface area contributed by atoms with Crippen molar-refractivity contribution in [3.8, 4) is 23.0 Å². The molecule has 2 heterocycles. The van der Waals surface area contributed by atoms with E-state index in [1.165, 1.54) is 0 Å². The first kappa shape index (κ1) is 28.9. The van der Waals surface area contributed by atoms with Gasteiger partial charge in [-0.3, -0.25) is 0 Å². The predicted octanol–water partition coefficient (Wildman–Crippen LogP) is 2.51. The Morgan fingerprint density at radius 2 is 1.45 bits per heavy atom. The van der Waals surface area contributed by atoms with Crippen molar-refractivity contribution >= 4 is 17.8 Å². The summed E-state index contributed by atoms with van der Waals surface area (Å²) in [5.74, 6) is 3.98.